The van der Waals surface area contributed by atoms with E-state index in [1.807, 2.05) is 42.6 Å². The van der Waals surface area contributed by atoms with Gasteiger partial charge in [0.1, 0.15) is 0 Å². The number of aromatic nitrogens is 3. The van der Waals surface area contributed by atoms with Gasteiger partial charge >= 0.3 is 0 Å². The van der Waals surface area contributed by atoms with Crippen LogP contribution >= 0.6 is 11.3 Å². The molecule has 4 heteroatoms. The van der Waals surface area contributed by atoms with Gasteiger partial charge < -0.3 is 0 Å². The molecule has 4 rings (SSSR count). The first-order valence-corrected chi connectivity index (χ1v) is 6.57. The number of hydrogen-bond acceptors (Lipinski definition) is 3. The predicted octanol–water partition coefficient (Wildman–Crippen LogP) is 3.61. The van der Waals surface area contributed by atoms with Crippen LogP contribution in [-0.2, 0) is 0 Å². The number of pyridine rings is 1. The molecule has 0 aliphatic carbocycles. The van der Waals surface area contributed by atoms with Gasteiger partial charge in [-0.2, -0.15) is 0 Å². The molecule has 18 heavy (non-hydrogen) atoms. The molecule has 3 heterocycles. The molecule has 0 bridgehead atoms. The molecule has 1 aromatic carbocycles. The summed E-state index contributed by atoms with van der Waals surface area (Å²) < 4.78 is 2.17. The van der Waals surface area contributed by atoms with Crippen molar-refractivity contribution in [1.29, 1.82) is 0 Å². The Hall–Kier alpha value is -2.20. The number of nitrogens with zero attached hydrogens (tertiary/aromatic N) is 3. The van der Waals surface area contributed by atoms with Gasteiger partial charge in [0.05, 0.1) is 22.4 Å². The molecule has 4 aromatic rings. The fraction of sp³-hybridized carbons (Fsp3) is 0. The fourth-order valence-electron chi connectivity index (χ4n) is 2.17. The summed E-state index contributed by atoms with van der Waals surface area (Å²) in [6.45, 7) is 0. The third-order valence-corrected chi connectivity index (χ3v) is 3.80. The van der Waals surface area contributed by atoms with Gasteiger partial charge in [0.2, 0.25) is 0 Å². The van der Waals surface area contributed by atoms with E-state index in [0.29, 0.717) is 0 Å². The molecular formula is C14H9N3S. The van der Waals surface area contributed by atoms with Crippen LogP contribution in [0.5, 0.6) is 0 Å². The molecule has 86 valence electrons. The average molecular weight is 251 g/mol. The summed E-state index contributed by atoms with van der Waals surface area (Å²) >= 11 is 1.65. The molecular weight excluding hydrogens is 242 g/mol. The topological polar surface area (TPSA) is 30.2 Å². The van der Waals surface area contributed by atoms with Crippen LogP contribution in [0, 0.1) is 0 Å². The lowest BCUT2D eigenvalue weighted by atomic mass is 10.3. The van der Waals surface area contributed by atoms with Crippen molar-refractivity contribution < 1.29 is 0 Å². The zero-order chi connectivity index (χ0) is 11.9. The SMILES string of the molecule is c1ccc(-c2csc3nc4ccccc4n23)nc1. The maximum atomic E-state index is 4.62. The van der Waals surface area contributed by atoms with E-state index >= 15 is 0 Å². The maximum absolute atomic E-state index is 4.62. The van der Waals surface area contributed by atoms with Crippen molar-refractivity contribution in [2.45, 2.75) is 0 Å². The van der Waals surface area contributed by atoms with E-state index in [4.69, 9.17) is 0 Å². The number of imidazole rings is 1. The van der Waals surface area contributed by atoms with E-state index in [0.717, 1.165) is 27.4 Å². The molecule has 0 aliphatic heterocycles. The summed E-state index contributed by atoms with van der Waals surface area (Å²) in [5.74, 6) is 0. The number of para-hydroxylation sites is 2. The highest BCUT2D eigenvalue weighted by Gasteiger charge is 2.11. The van der Waals surface area contributed by atoms with Gasteiger partial charge in [-0.3, -0.25) is 9.38 Å². The lowest BCUT2D eigenvalue weighted by Gasteiger charge is -1.99. The van der Waals surface area contributed by atoms with E-state index in [9.17, 15) is 0 Å². The minimum absolute atomic E-state index is 0.979. The van der Waals surface area contributed by atoms with Gasteiger partial charge in [-0.05, 0) is 24.3 Å². The molecule has 3 nitrogen and oxygen atoms in total. The summed E-state index contributed by atoms with van der Waals surface area (Å²) in [6, 6.07) is 14.1. The molecule has 0 unspecified atom stereocenters. The van der Waals surface area contributed by atoms with Crippen molar-refractivity contribution >= 4 is 27.3 Å². The molecule has 0 fully saturated rings. The van der Waals surface area contributed by atoms with Crippen LogP contribution in [0.3, 0.4) is 0 Å². The first-order valence-electron chi connectivity index (χ1n) is 5.69. The Balaban J connectivity index is 2.13. The van der Waals surface area contributed by atoms with Gasteiger partial charge in [0, 0.05) is 11.6 Å². The Morgan fingerprint density at radius 3 is 2.78 bits per heavy atom. The molecule has 0 aliphatic rings. The molecule has 0 radical (unpaired) electrons. The minimum atomic E-state index is 0.979. The van der Waals surface area contributed by atoms with Crippen molar-refractivity contribution in [3.8, 4) is 11.4 Å². The first kappa shape index (κ1) is 9.79. The van der Waals surface area contributed by atoms with E-state index in [1.54, 1.807) is 11.3 Å². The molecule has 0 saturated carbocycles. The number of benzene rings is 1. The zero-order valence-electron chi connectivity index (χ0n) is 9.45. The Morgan fingerprint density at radius 1 is 1.00 bits per heavy atom. The van der Waals surface area contributed by atoms with Crippen LogP contribution in [0.25, 0.3) is 27.4 Å². The summed E-state index contributed by atoms with van der Waals surface area (Å²) in [5, 5.41) is 2.11. The van der Waals surface area contributed by atoms with Gasteiger partial charge in [-0.15, -0.1) is 11.3 Å². The van der Waals surface area contributed by atoms with Crippen molar-refractivity contribution in [2.24, 2.45) is 0 Å². The maximum Gasteiger partial charge on any atom is 0.195 e. The summed E-state index contributed by atoms with van der Waals surface area (Å²) in [5.41, 5.74) is 4.24. The van der Waals surface area contributed by atoms with Gasteiger partial charge in [0.15, 0.2) is 4.96 Å². The molecule has 0 spiro atoms. The van der Waals surface area contributed by atoms with Crippen LogP contribution in [0.1, 0.15) is 0 Å². The number of thiazole rings is 1. The fourth-order valence-corrected chi connectivity index (χ4v) is 3.06. The van der Waals surface area contributed by atoms with Gasteiger partial charge in [-0.1, -0.05) is 18.2 Å². The predicted molar refractivity (Wildman–Crippen MR) is 73.8 cm³/mol. The van der Waals surface area contributed by atoms with Crippen molar-refractivity contribution in [3.05, 3.63) is 54.0 Å². The molecule has 0 N–H and O–H groups in total. The monoisotopic (exact) mass is 251 g/mol. The Morgan fingerprint density at radius 2 is 1.89 bits per heavy atom. The van der Waals surface area contributed by atoms with Gasteiger partial charge in [-0.25, -0.2) is 4.98 Å². The average Bonchev–Trinajstić information content (AvgIpc) is 2.98. The lowest BCUT2D eigenvalue weighted by molar-refractivity contribution is 1.23. The number of fused-ring (bicyclic) bond motifs is 3. The number of rotatable bonds is 1. The van der Waals surface area contributed by atoms with Crippen LogP contribution in [0.15, 0.2) is 54.0 Å². The van der Waals surface area contributed by atoms with Gasteiger partial charge in [0.25, 0.3) is 0 Å². The molecule has 0 saturated heterocycles. The van der Waals surface area contributed by atoms with E-state index in [1.165, 1.54) is 0 Å². The third-order valence-electron chi connectivity index (χ3n) is 2.97. The molecule has 3 aromatic heterocycles. The van der Waals surface area contributed by atoms with Crippen molar-refractivity contribution in [1.82, 2.24) is 14.4 Å². The summed E-state index contributed by atoms with van der Waals surface area (Å²) in [6.07, 6.45) is 1.82. The standard InChI is InChI=1S/C14H9N3S/c1-2-7-12-11(6-1)16-14-17(12)13(9-18-14)10-5-3-4-8-15-10/h1-9H. The normalized spacial score (nSPS) is 11.3. The van der Waals surface area contributed by atoms with Crippen LogP contribution < -0.4 is 0 Å². The van der Waals surface area contributed by atoms with Crippen LogP contribution in [0.2, 0.25) is 0 Å². The highest BCUT2D eigenvalue weighted by molar-refractivity contribution is 7.15. The quantitative estimate of drug-likeness (QED) is 0.517. The number of hydrogen-bond donors (Lipinski definition) is 0. The minimum Gasteiger partial charge on any atom is -0.281 e. The lowest BCUT2D eigenvalue weighted by Crippen LogP contribution is -1.87. The molecule has 0 atom stereocenters. The highest BCUT2D eigenvalue weighted by atomic mass is 32.1. The van der Waals surface area contributed by atoms with Crippen molar-refractivity contribution in [2.75, 3.05) is 0 Å². The van der Waals surface area contributed by atoms with Crippen LogP contribution in [-0.4, -0.2) is 14.4 Å². The summed E-state index contributed by atoms with van der Waals surface area (Å²) in [7, 11) is 0. The van der Waals surface area contributed by atoms with Crippen molar-refractivity contribution in [3.63, 3.8) is 0 Å². The Kier molecular flexibility index (Phi) is 1.98. The third kappa shape index (κ3) is 1.29. The zero-order valence-corrected chi connectivity index (χ0v) is 10.3. The Bertz CT molecular complexity index is 830. The first-order chi connectivity index (χ1) is 8.93. The van der Waals surface area contributed by atoms with E-state index < -0.39 is 0 Å². The van der Waals surface area contributed by atoms with Crippen LogP contribution in [0.4, 0.5) is 0 Å². The summed E-state index contributed by atoms with van der Waals surface area (Å²) in [4.78, 5) is 10.0. The second-order valence-electron chi connectivity index (χ2n) is 4.05. The second kappa shape index (κ2) is 3.65. The smallest absolute Gasteiger partial charge is 0.195 e. The Labute approximate surface area is 107 Å². The van der Waals surface area contributed by atoms with E-state index in [2.05, 4.69) is 25.8 Å². The highest BCUT2D eigenvalue weighted by Crippen LogP contribution is 2.28. The molecule has 0 amide bonds. The van der Waals surface area contributed by atoms with E-state index in [-0.39, 0.29) is 0 Å². The second-order valence-corrected chi connectivity index (χ2v) is 4.89. The largest absolute Gasteiger partial charge is 0.281 e.